The number of hydrogen-bond acceptors (Lipinski definition) is 6. The molecule has 0 spiro atoms. The van der Waals surface area contributed by atoms with Crippen LogP contribution in [0.15, 0.2) is 54.9 Å². The van der Waals surface area contributed by atoms with E-state index in [2.05, 4.69) is 20.6 Å². The first-order valence-electron chi connectivity index (χ1n) is 9.26. The molecule has 0 aliphatic rings. The van der Waals surface area contributed by atoms with Crippen molar-refractivity contribution < 1.29 is 14.3 Å². The van der Waals surface area contributed by atoms with Crippen LogP contribution in [0.2, 0.25) is 0 Å². The highest BCUT2D eigenvalue weighted by molar-refractivity contribution is 6.04. The molecule has 29 heavy (non-hydrogen) atoms. The van der Waals surface area contributed by atoms with Crippen molar-refractivity contribution >= 4 is 23.2 Å². The summed E-state index contributed by atoms with van der Waals surface area (Å²) in [7, 11) is 1.56. The van der Waals surface area contributed by atoms with E-state index < -0.39 is 0 Å². The van der Waals surface area contributed by atoms with Crippen molar-refractivity contribution in [1.29, 1.82) is 0 Å². The summed E-state index contributed by atoms with van der Waals surface area (Å²) in [6, 6.07) is 13.1. The van der Waals surface area contributed by atoms with Crippen molar-refractivity contribution in [3.8, 4) is 11.5 Å². The molecule has 3 aromatic rings. The molecular weight excluding hydrogens is 368 g/mol. The van der Waals surface area contributed by atoms with Crippen LogP contribution >= 0.6 is 0 Å². The molecule has 0 bridgehead atoms. The fraction of sp³-hybridized carbons (Fsp3) is 0.227. The lowest BCUT2D eigenvalue weighted by atomic mass is 10.2. The van der Waals surface area contributed by atoms with Gasteiger partial charge in [0.25, 0.3) is 5.91 Å². The highest BCUT2D eigenvalue weighted by Crippen LogP contribution is 2.25. The molecule has 0 aliphatic carbocycles. The Morgan fingerprint density at radius 1 is 1.03 bits per heavy atom. The minimum atomic E-state index is -0.310. The Bertz CT molecular complexity index is 970. The quantitative estimate of drug-likeness (QED) is 0.612. The number of nitrogens with one attached hydrogen (secondary N) is 2. The number of anilines is 3. The monoisotopic (exact) mass is 392 g/mol. The van der Waals surface area contributed by atoms with Crippen molar-refractivity contribution in [2.45, 2.75) is 26.9 Å². The van der Waals surface area contributed by atoms with Crippen LogP contribution in [0.5, 0.6) is 11.5 Å². The molecule has 150 valence electrons. The molecule has 0 radical (unpaired) electrons. The third-order valence-electron chi connectivity index (χ3n) is 4.00. The highest BCUT2D eigenvalue weighted by Gasteiger charge is 2.11. The molecule has 0 aliphatic heterocycles. The number of carbonyl (C=O) groups excluding carboxylic acids is 1. The predicted octanol–water partition coefficient (Wildman–Crippen LogP) is 4.58. The Balaban J connectivity index is 1.65. The van der Waals surface area contributed by atoms with Crippen molar-refractivity contribution in [3.63, 3.8) is 0 Å². The van der Waals surface area contributed by atoms with Crippen LogP contribution in [0.3, 0.4) is 0 Å². The van der Waals surface area contributed by atoms with Crippen molar-refractivity contribution in [2.24, 2.45) is 0 Å². The summed E-state index contributed by atoms with van der Waals surface area (Å²) in [5.74, 6) is 1.47. The van der Waals surface area contributed by atoms with Gasteiger partial charge in [-0.05, 0) is 62.7 Å². The van der Waals surface area contributed by atoms with E-state index in [9.17, 15) is 4.79 Å². The number of ether oxygens (including phenoxy) is 2. The van der Waals surface area contributed by atoms with Crippen molar-refractivity contribution in [1.82, 2.24) is 9.97 Å². The minimum absolute atomic E-state index is 0.121. The second kappa shape index (κ2) is 9.05. The smallest absolute Gasteiger partial charge is 0.258 e. The number of methoxy groups -OCH3 is 1. The molecule has 0 atom stereocenters. The van der Waals surface area contributed by atoms with Crippen molar-refractivity contribution in [2.75, 3.05) is 17.7 Å². The molecule has 0 saturated heterocycles. The first kappa shape index (κ1) is 20.1. The molecule has 0 fully saturated rings. The fourth-order valence-corrected chi connectivity index (χ4v) is 2.64. The van der Waals surface area contributed by atoms with Gasteiger partial charge in [0.1, 0.15) is 11.5 Å². The summed E-state index contributed by atoms with van der Waals surface area (Å²) < 4.78 is 10.9. The van der Waals surface area contributed by atoms with Gasteiger partial charge in [-0.2, -0.15) is 0 Å². The van der Waals surface area contributed by atoms with Gasteiger partial charge in [-0.15, -0.1) is 0 Å². The molecule has 7 heteroatoms. The average molecular weight is 392 g/mol. The molecular formula is C22H24N4O3. The van der Waals surface area contributed by atoms with Gasteiger partial charge in [0.2, 0.25) is 5.95 Å². The maximum absolute atomic E-state index is 12.5. The Kier molecular flexibility index (Phi) is 6.29. The summed E-state index contributed by atoms with van der Waals surface area (Å²) >= 11 is 0. The third-order valence-corrected chi connectivity index (χ3v) is 4.00. The van der Waals surface area contributed by atoms with Gasteiger partial charge in [0.15, 0.2) is 0 Å². The zero-order valence-electron chi connectivity index (χ0n) is 16.9. The molecule has 2 aromatic carbocycles. The van der Waals surface area contributed by atoms with Gasteiger partial charge in [0.05, 0.1) is 24.5 Å². The summed E-state index contributed by atoms with van der Waals surface area (Å²) in [6.45, 7) is 5.90. The minimum Gasteiger partial charge on any atom is -0.495 e. The van der Waals surface area contributed by atoms with Gasteiger partial charge < -0.3 is 20.1 Å². The standard InChI is InChI=1S/C22H24N4O3/c1-14(2)29-18-8-6-17(7-9-18)25-22-23-12-16(13-24-22)21(27)26-19-11-15(3)5-10-20(19)28-4/h5-14H,1-4H3,(H,26,27)(H,23,24,25). The van der Waals surface area contributed by atoms with Crippen molar-refractivity contribution in [3.05, 3.63) is 66.0 Å². The summed E-state index contributed by atoms with van der Waals surface area (Å²) in [5.41, 5.74) is 2.78. The second-order valence-electron chi connectivity index (χ2n) is 6.77. The molecule has 2 N–H and O–H groups in total. The maximum Gasteiger partial charge on any atom is 0.258 e. The Morgan fingerprint density at radius 3 is 2.34 bits per heavy atom. The zero-order chi connectivity index (χ0) is 20.8. The van der Waals surface area contributed by atoms with E-state index >= 15 is 0 Å². The lowest BCUT2D eigenvalue weighted by Gasteiger charge is -2.11. The van der Waals surface area contributed by atoms with Crippen LogP contribution in [0.25, 0.3) is 0 Å². The Hall–Kier alpha value is -3.61. The van der Waals surface area contributed by atoms with E-state index in [-0.39, 0.29) is 12.0 Å². The largest absolute Gasteiger partial charge is 0.495 e. The van der Waals surface area contributed by atoms with Gasteiger partial charge >= 0.3 is 0 Å². The molecule has 1 heterocycles. The number of aryl methyl sites for hydroxylation is 1. The number of rotatable bonds is 7. The van der Waals surface area contributed by atoms with Crippen LogP contribution in [0.1, 0.15) is 29.8 Å². The third kappa shape index (κ3) is 5.44. The number of amides is 1. The van der Waals surface area contributed by atoms with E-state index in [1.807, 2.05) is 63.2 Å². The van der Waals surface area contributed by atoms with E-state index in [4.69, 9.17) is 9.47 Å². The lowest BCUT2D eigenvalue weighted by molar-refractivity contribution is 0.102. The van der Waals surface area contributed by atoms with E-state index in [1.54, 1.807) is 7.11 Å². The number of hydrogen-bond donors (Lipinski definition) is 2. The average Bonchev–Trinajstić information content (AvgIpc) is 2.70. The molecule has 3 rings (SSSR count). The van der Waals surface area contributed by atoms with Crippen LogP contribution in [-0.2, 0) is 0 Å². The van der Waals surface area contributed by atoms with Crippen LogP contribution < -0.4 is 20.1 Å². The SMILES string of the molecule is COc1ccc(C)cc1NC(=O)c1cnc(Nc2ccc(OC(C)C)cc2)nc1. The van der Waals surface area contributed by atoms with Crippen LogP contribution in [0, 0.1) is 6.92 Å². The van der Waals surface area contributed by atoms with E-state index in [0.717, 1.165) is 17.0 Å². The van der Waals surface area contributed by atoms with Crippen LogP contribution in [0.4, 0.5) is 17.3 Å². The number of benzene rings is 2. The Morgan fingerprint density at radius 2 is 1.72 bits per heavy atom. The summed E-state index contributed by atoms with van der Waals surface area (Å²) in [4.78, 5) is 21.0. The first-order chi connectivity index (χ1) is 13.9. The maximum atomic E-state index is 12.5. The first-order valence-corrected chi connectivity index (χ1v) is 9.26. The summed E-state index contributed by atoms with van der Waals surface area (Å²) in [5, 5.41) is 5.93. The molecule has 7 nitrogen and oxygen atoms in total. The predicted molar refractivity (Wildman–Crippen MR) is 113 cm³/mol. The Labute approximate surface area is 170 Å². The molecule has 1 aromatic heterocycles. The molecule has 0 saturated carbocycles. The normalized spacial score (nSPS) is 10.5. The van der Waals surface area contributed by atoms with Gasteiger partial charge in [-0.3, -0.25) is 4.79 Å². The molecule has 1 amide bonds. The van der Waals surface area contributed by atoms with E-state index in [1.165, 1.54) is 12.4 Å². The molecule has 0 unspecified atom stereocenters. The second-order valence-corrected chi connectivity index (χ2v) is 6.77. The highest BCUT2D eigenvalue weighted by atomic mass is 16.5. The summed E-state index contributed by atoms with van der Waals surface area (Å²) in [6.07, 6.45) is 3.07. The zero-order valence-corrected chi connectivity index (χ0v) is 16.9. The van der Waals surface area contributed by atoms with Crippen LogP contribution in [-0.4, -0.2) is 29.1 Å². The number of aromatic nitrogens is 2. The fourth-order valence-electron chi connectivity index (χ4n) is 2.64. The van der Waals surface area contributed by atoms with E-state index in [0.29, 0.717) is 22.9 Å². The van der Waals surface area contributed by atoms with Gasteiger partial charge in [-0.25, -0.2) is 9.97 Å². The topological polar surface area (TPSA) is 85.4 Å². The van der Waals surface area contributed by atoms with Gasteiger partial charge in [-0.1, -0.05) is 6.07 Å². The number of carbonyl (C=O) groups is 1. The van der Waals surface area contributed by atoms with Gasteiger partial charge in [0, 0.05) is 18.1 Å². The lowest BCUT2D eigenvalue weighted by Crippen LogP contribution is -2.14. The number of nitrogens with zero attached hydrogens (tertiary/aromatic N) is 2.